The van der Waals surface area contributed by atoms with Crippen LogP contribution in [0.25, 0.3) is 21.3 Å². The molecule has 0 radical (unpaired) electrons. The zero-order chi connectivity index (χ0) is 15.8. The first-order valence-electron chi connectivity index (χ1n) is 7.70. The van der Waals surface area contributed by atoms with Crippen LogP contribution in [0.3, 0.4) is 0 Å². The molecule has 0 aliphatic carbocycles. The molecule has 0 spiro atoms. The van der Waals surface area contributed by atoms with Crippen LogP contribution in [-0.2, 0) is 6.54 Å². The number of nitrogens with zero attached hydrogens (tertiary/aromatic N) is 2. The maximum Gasteiger partial charge on any atom is 0.260 e. The Bertz CT molecular complexity index is 912. The predicted octanol–water partition coefficient (Wildman–Crippen LogP) is 3.39. The molecule has 118 valence electrons. The first-order chi connectivity index (χ1) is 11.2. The number of thiophene rings is 1. The monoisotopic (exact) mass is 329 g/mol. The van der Waals surface area contributed by atoms with E-state index in [0.29, 0.717) is 33.7 Å². The van der Waals surface area contributed by atoms with Crippen molar-refractivity contribution in [3.05, 3.63) is 51.6 Å². The summed E-state index contributed by atoms with van der Waals surface area (Å²) in [4.78, 5) is 22.9. The van der Waals surface area contributed by atoms with Gasteiger partial charge in [-0.1, -0.05) is 18.2 Å². The number of rotatable bonds is 3. The molecule has 0 bridgehead atoms. The van der Waals surface area contributed by atoms with Gasteiger partial charge < -0.3 is 4.98 Å². The molecule has 0 unspecified atom stereocenters. The van der Waals surface area contributed by atoms with Crippen molar-refractivity contribution in [3.8, 4) is 11.1 Å². The van der Waals surface area contributed by atoms with E-state index in [1.807, 2.05) is 5.38 Å². The highest BCUT2D eigenvalue weighted by Crippen LogP contribution is 2.32. The van der Waals surface area contributed by atoms with Gasteiger partial charge in [-0.15, -0.1) is 11.3 Å². The average molecular weight is 329 g/mol. The lowest BCUT2D eigenvalue weighted by Gasteiger charge is -2.13. The highest BCUT2D eigenvalue weighted by molar-refractivity contribution is 7.17. The Balaban J connectivity index is 1.78. The molecule has 3 heterocycles. The van der Waals surface area contributed by atoms with E-state index in [0.717, 1.165) is 13.1 Å². The number of likely N-dealkylation sites (tertiary alicyclic amines) is 1. The van der Waals surface area contributed by atoms with E-state index < -0.39 is 0 Å². The normalized spacial score (nSPS) is 15.5. The Morgan fingerprint density at radius 2 is 2.00 bits per heavy atom. The number of fused-ring (bicyclic) bond motifs is 1. The van der Waals surface area contributed by atoms with Gasteiger partial charge in [0.15, 0.2) is 0 Å². The minimum absolute atomic E-state index is 0.191. The van der Waals surface area contributed by atoms with Gasteiger partial charge in [-0.25, -0.2) is 9.37 Å². The Kier molecular flexibility index (Phi) is 3.71. The molecule has 1 aliphatic rings. The smallest absolute Gasteiger partial charge is 0.260 e. The number of nitrogens with one attached hydrogen (secondary N) is 1. The van der Waals surface area contributed by atoms with Crippen LogP contribution in [0.1, 0.15) is 18.7 Å². The molecule has 0 saturated carbocycles. The van der Waals surface area contributed by atoms with E-state index in [2.05, 4.69) is 14.9 Å². The largest absolute Gasteiger partial charge is 0.309 e. The van der Waals surface area contributed by atoms with E-state index in [1.165, 1.54) is 30.2 Å². The van der Waals surface area contributed by atoms with Gasteiger partial charge in [0.2, 0.25) is 0 Å². The zero-order valence-electron chi connectivity index (χ0n) is 12.5. The summed E-state index contributed by atoms with van der Waals surface area (Å²) in [6.45, 7) is 2.76. The Morgan fingerprint density at radius 3 is 2.78 bits per heavy atom. The number of aromatic nitrogens is 2. The topological polar surface area (TPSA) is 49.0 Å². The van der Waals surface area contributed by atoms with Crippen molar-refractivity contribution in [3.63, 3.8) is 0 Å². The fraction of sp³-hybridized carbons (Fsp3) is 0.294. The van der Waals surface area contributed by atoms with Crippen molar-refractivity contribution >= 4 is 21.6 Å². The predicted molar refractivity (Wildman–Crippen MR) is 90.1 cm³/mol. The van der Waals surface area contributed by atoms with Gasteiger partial charge in [-0.2, -0.15) is 0 Å². The molecule has 6 heteroatoms. The fourth-order valence-electron chi connectivity index (χ4n) is 3.10. The molecule has 0 amide bonds. The number of halogens is 1. The Hall–Kier alpha value is -2.05. The molecule has 23 heavy (non-hydrogen) atoms. The third-order valence-corrected chi connectivity index (χ3v) is 5.10. The highest BCUT2D eigenvalue weighted by atomic mass is 32.1. The third kappa shape index (κ3) is 2.68. The number of hydrogen-bond acceptors (Lipinski definition) is 4. The second kappa shape index (κ2) is 5.86. The molecule has 1 saturated heterocycles. The lowest BCUT2D eigenvalue weighted by Crippen LogP contribution is -2.22. The molecule has 1 N–H and O–H groups in total. The SMILES string of the molecule is O=c1[nH]c(CN2CCCC2)nc2scc(-c3ccccc3F)c12. The van der Waals surface area contributed by atoms with Crippen molar-refractivity contribution < 1.29 is 4.39 Å². The van der Waals surface area contributed by atoms with Gasteiger partial charge in [-0.05, 0) is 32.0 Å². The summed E-state index contributed by atoms with van der Waals surface area (Å²) in [6.07, 6.45) is 2.39. The molecule has 2 aromatic heterocycles. The second-order valence-corrected chi connectivity index (χ2v) is 6.66. The first kappa shape index (κ1) is 14.5. The van der Waals surface area contributed by atoms with Crippen LogP contribution in [0.15, 0.2) is 34.4 Å². The van der Waals surface area contributed by atoms with Crippen molar-refractivity contribution in [2.75, 3.05) is 13.1 Å². The molecule has 4 rings (SSSR count). The van der Waals surface area contributed by atoms with Crippen LogP contribution in [-0.4, -0.2) is 28.0 Å². The van der Waals surface area contributed by atoms with Crippen LogP contribution in [0.2, 0.25) is 0 Å². The van der Waals surface area contributed by atoms with Crippen LogP contribution in [0.4, 0.5) is 4.39 Å². The van der Waals surface area contributed by atoms with Gasteiger partial charge in [0.05, 0.1) is 11.9 Å². The molecule has 3 aromatic rings. The second-order valence-electron chi connectivity index (χ2n) is 5.81. The fourth-order valence-corrected chi connectivity index (χ4v) is 4.06. The molecule has 1 aliphatic heterocycles. The van der Waals surface area contributed by atoms with E-state index in [9.17, 15) is 9.18 Å². The number of hydrogen-bond donors (Lipinski definition) is 1. The first-order valence-corrected chi connectivity index (χ1v) is 8.58. The Morgan fingerprint density at radius 1 is 1.22 bits per heavy atom. The molecule has 1 aromatic carbocycles. The van der Waals surface area contributed by atoms with Crippen LogP contribution in [0.5, 0.6) is 0 Å². The zero-order valence-corrected chi connectivity index (χ0v) is 13.3. The van der Waals surface area contributed by atoms with Gasteiger partial charge >= 0.3 is 0 Å². The number of H-pyrrole nitrogens is 1. The van der Waals surface area contributed by atoms with E-state index in [-0.39, 0.29) is 11.4 Å². The van der Waals surface area contributed by atoms with Crippen molar-refractivity contribution in [1.29, 1.82) is 0 Å². The average Bonchev–Trinajstić information content (AvgIpc) is 3.17. The van der Waals surface area contributed by atoms with Crippen molar-refractivity contribution in [1.82, 2.24) is 14.9 Å². The molecule has 4 nitrogen and oxygen atoms in total. The van der Waals surface area contributed by atoms with Crippen molar-refractivity contribution in [2.24, 2.45) is 0 Å². The van der Waals surface area contributed by atoms with Crippen LogP contribution in [0, 0.1) is 5.82 Å². The lowest BCUT2D eigenvalue weighted by molar-refractivity contribution is 0.322. The van der Waals surface area contributed by atoms with E-state index >= 15 is 0 Å². The molecular formula is C17H16FN3OS. The summed E-state index contributed by atoms with van der Waals surface area (Å²) in [7, 11) is 0. The highest BCUT2D eigenvalue weighted by Gasteiger charge is 2.17. The van der Waals surface area contributed by atoms with Gasteiger partial charge in [-0.3, -0.25) is 9.69 Å². The number of benzene rings is 1. The summed E-state index contributed by atoms with van der Waals surface area (Å²) in [5.41, 5.74) is 0.867. The van der Waals surface area contributed by atoms with Gasteiger partial charge in [0, 0.05) is 16.5 Å². The quantitative estimate of drug-likeness (QED) is 0.801. The van der Waals surface area contributed by atoms with Crippen LogP contribution < -0.4 is 5.56 Å². The molecule has 0 atom stereocenters. The summed E-state index contributed by atoms with van der Waals surface area (Å²) in [6, 6.07) is 6.51. The van der Waals surface area contributed by atoms with Gasteiger partial charge in [0.1, 0.15) is 16.5 Å². The minimum Gasteiger partial charge on any atom is -0.309 e. The van der Waals surface area contributed by atoms with E-state index in [4.69, 9.17) is 0 Å². The van der Waals surface area contributed by atoms with Crippen molar-refractivity contribution in [2.45, 2.75) is 19.4 Å². The maximum atomic E-state index is 14.0. The van der Waals surface area contributed by atoms with Gasteiger partial charge in [0.25, 0.3) is 5.56 Å². The molecular weight excluding hydrogens is 313 g/mol. The van der Waals surface area contributed by atoms with E-state index in [1.54, 1.807) is 18.2 Å². The maximum absolute atomic E-state index is 14.0. The summed E-state index contributed by atoms with van der Waals surface area (Å²) in [5, 5.41) is 2.29. The summed E-state index contributed by atoms with van der Waals surface area (Å²) in [5.74, 6) is 0.360. The Labute approximate surface area is 136 Å². The lowest BCUT2D eigenvalue weighted by atomic mass is 10.1. The number of aromatic amines is 1. The molecule has 1 fully saturated rings. The third-order valence-electron chi connectivity index (χ3n) is 4.23. The minimum atomic E-state index is -0.326. The summed E-state index contributed by atoms with van der Waals surface area (Å²) < 4.78 is 14.0. The van der Waals surface area contributed by atoms with Crippen LogP contribution >= 0.6 is 11.3 Å². The summed E-state index contributed by atoms with van der Waals surface area (Å²) >= 11 is 1.39. The standard InChI is InChI=1S/C17H16FN3OS/c18-13-6-2-1-5-11(13)12-10-23-17-15(12)16(22)19-14(20-17)9-21-7-3-4-8-21/h1-2,5-6,10H,3-4,7-9H2,(H,19,20,22).